The molecule has 2 aliphatic heterocycles. The molecular weight excluding hydrogens is 460 g/mol. The second-order valence-corrected chi connectivity index (χ2v) is 8.85. The quantitative estimate of drug-likeness (QED) is 0.319. The summed E-state index contributed by atoms with van der Waals surface area (Å²) in [6.07, 6.45) is 4.01. The van der Waals surface area contributed by atoms with Crippen LogP contribution in [0.2, 0.25) is 0 Å². The van der Waals surface area contributed by atoms with Gasteiger partial charge in [0.25, 0.3) is 11.7 Å². The monoisotopic (exact) mass is 486 g/mol. The first-order chi connectivity index (χ1) is 17.4. The Bertz CT molecular complexity index is 1370. The molecule has 2 unspecified atom stereocenters. The number of nitrogens with zero attached hydrogens (tertiary/aromatic N) is 2. The number of pyridine rings is 1. The van der Waals surface area contributed by atoms with Gasteiger partial charge in [-0.15, -0.1) is 0 Å². The highest BCUT2D eigenvalue weighted by Gasteiger charge is 2.47. The lowest BCUT2D eigenvalue weighted by molar-refractivity contribution is -0.140. The van der Waals surface area contributed by atoms with Crippen LogP contribution in [0.15, 0.2) is 66.5 Å². The number of aromatic nitrogens is 1. The van der Waals surface area contributed by atoms with Crippen LogP contribution < -0.4 is 14.2 Å². The SMILES string of the molecule is COc1ccc(C2/C(=C(/O)c3ccc4c(c3)CC(C)O4)C(=O)C(=O)N2Cc2cccnc2)c(OC)c1. The zero-order chi connectivity index (χ0) is 25.4. The van der Waals surface area contributed by atoms with E-state index in [4.69, 9.17) is 14.2 Å². The van der Waals surface area contributed by atoms with Gasteiger partial charge in [0.15, 0.2) is 0 Å². The minimum atomic E-state index is -0.880. The number of aliphatic hydroxyl groups is 1. The van der Waals surface area contributed by atoms with Crippen molar-refractivity contribution in [3.05, 3.63) is 88.8 Å². The molecule has 184 valence electrons. The van der Waals surface area contributed by atoms with E-state index in [2.05, 4.69) is 4.98 Å². The summed E-state index contributed by atoms with van der Waals surface area (Å²) in [4.78, 5) is 32.3. The van der Waals surface area contributed by atoms with Gasteiger partial charge in [0.1, 0.15) is 29.1 Å². The summed E-state index contributed by atoms with van der Waals surface area (Å²) in [7, 11) is 3.05. The number of Topliss-reactive ketones (excluding diaryl/α,β-unsaturated/α-hetero) is 1. The second kappa shape index (κ2) is 9.37. The molecule has 1 aromatic heterocycles. The molecule has 2 aromatic carbocycles. The van der Waals surface area contributed by atoms with Crippen molar-refractivity contribution in [2.45, 2.75) is 32.0 Å². The van der Waals surface area contributed by atoms with E-state index in [1.807, 2.05) is 19.1 Å². The van der Waals surface area contributed by atoms with E-state index in [9.17, 15) is 14.7 Å². The number of carbonyl (C=O) groups is 2. The van der Waals surface area contributed by atoms with Gasteiger partial charge in [-0.2, -0.15) is 0 Å². The van der Waals surface area contributed by atoms with E-state index in [1.54, 1.807) is 55.9 Å². The Morgan fingerprint density at radius 1 is 1.14 bits per heavy atom. The maximum Gasteiger partial charge on any atom is 0.295 e. The largest absolute Gasteiger partial charge is 0.507 e. The highest BCUT2D eigenvalue weighted by atomic mass is 16.5. The second-order valence-electron chi connectivity index (χ2n) is 8.85. The van der Waals surface area contributed by atoms with Crippen LogP contribution >= 0.6 is 0 Å². The molecule has 1 N–H and O–H groups in total. The Balaban J connectivity index is 1.67. The van der Waals surface area contributed by atoms with Crippen LogP contribution in [0.1, 0.15) is 35.2 Å². The Labute approximate surface area is 208 Å². The molecular formula is C28H26N2O6. The zero-order valence-electron chi connectivity index (χ0n) is 20.2. The van der Waals surface area contributed by atoms with Crippen molar-refractivity contribution < 1.29 is 28.9 Å². The van der Waals surface area contributed by atoms with Crippen LogP contribution in [-0.4, -0.2) is 47.0 Å². The standard InChI is InChI=1S/C28H26N2O6/c1-16-11-19-12-18(6-9-22(19)36-16)26(31)24-25(21-8-7-20(34-2)13-23(21)35-3)30(28(33)27(24)32)15-17-5-4-10-29-14-17/h4-10,12-14,16,25,31H,11,15H2,1-3H3/b26-24-. The lowest BCUT2D eigenvalue weighted by Gasteiger charge is -2.27. The average molecular weight is 487 g/mol. The molecule has 0 aliphatic carbocycles. The molecule has 0 saturated carbocycles. The zero-order valence-corrected chi connectivity index (χ0v) is 20.2. The summed E-state index contributed by atoms with van der Waals surface area (Å²) >= 11 is 0. The molecule has 0 spiro atoms. The molecule has 3 aromatic rings. The molecule has 2 atom stereocenters. The number of benzene rings is 2. The van der Waals surface area contributed by atoms with Crippen LogP contribution in [0.5, 0.6) is 17.2 Å². The average Bonchev–Trinajstić information content (AvgIpc) is 3.39. The fourth-order valence-electron chi connectivity index (χ4n) is 4.82. The molecule has 0 radical (unpaired) electrons. The van der Waals surface area contributed by atoms with Gasteiger partial charge in [-0.3, -0.25) is 14.6 Å². The Hall–Kier alpha value is -4.33. The summed E-state index contributed by atoms with van der Waals surface area (Å²) in [5.74, 6) is 0.0366. The summed E-state index contributed by atoms with van der Waals surface area (Å²) in [6, 6.07) is 13.2. The normalized spacial score (nSPS) is 20.2. The number of hydrogen-bond acceptors (Lipinski definition) is 7. The lowest BCUT2D eigenvalue weighted by Crippen LogP contribution is -2.29. The molecule has 1 amide bonds. The number of rotatable bonds is 6. The first kappa shape index (κ1) is 23.4. The van der Waals surface area contributed by atoms with E-state index in [0.717, 1.165) is 16.9 Å². The number of methoxy groups -OCH3 is 2. The lowest BCUT2D eigenvalue weighted by atomic mass is 9.93. The highest BCUT2D eigenvalue weighted by Crippen LogP contribution is 2.44. The first-order valence-corrected chi connectivity index (χ1v) is 11.6. The maximum atomic E-state index is 13.4. The molecule has 0 bridgehead atoms. The molecule has 8 heteroatoms. The Morgan fingerprint density at radius 2 is 1.97 bits per heavy atom. The van der Waals surface area contributed by atoms with Gasteiger partial charge >= 0.3 is 0 Å². The third kappa shape index (κ3) is 4.04. The van der Waals surface area contributed by atoms with Gasteiger partial charge in [0.2, 0.25) is 0 Å². The molecule has 3 heterocycles. The van der Waals surface area contributed by atoms with E-state index in [0.29, 0.717) is 29.0 Å². The molecule has 1 fully saturated rings. The van der Waals surface area contributed by atoms with E-state index < -0.39 is 17.7 Å². The van der Waals surface area contributed by atoms with Gasteiger partial charge in [-0.05, 0) is 54.4 Å². The third-order valence-corrected chi connectivity index (χ3v) is 6.52. The van der Waals surface area contributed by atoms with E-state index in [-0.39, 0.29) is 24.0 Å². The summed E-state index contributed by atoms with van der Waals surface area (Å²) < 4.78 is 16.7. The topological polar surface area (TPSA) is 98.2 Å². The minimum Gasteiger partial charge on any atom is -0.507 e. The Kier molecular flexibility index (Phi) is 6.10. The number of likely N-dealkylation sites (tertiary alicyclic amines) is 1. The fraction of sp³-hybridized carbons (Fsp3) is 0.250. The van der Waals surface area contributed by atoms with Crippen molar-refractivity contribution in [2.75, 3.05) is 14.2 Å². The minimum absolute atomic E-state index is 0.000675. The van der Waals surface area contributed by atoms with Gasteiger partial charge in [0.05, 0.1) is 25.8 Å². The highest BCUT2D eigenvalue weighted by molar-refractivity contribution is 6.46. The smallest absolute Gasteiger partial charge is 0.295 e. The molecule has 2 aliphatic rings. The third-order valence-electron chi connectivity index (χ3n) is 6.52. The van der Waals surface area contributed by atoms with Crippen LogP contribution in [0, 0.1) is 0 Å². The summed E-state index contributed by atoms with van der Waals surface area (Å²) in [6.45, 7) is 2.10. The number of ketones is 1. The number of ether oxygens (including phenoxy) is 3. The molecule has 5 rings (SSSR count). The van der Waals surface area contributed by atoms with Crippen molar-refractivity contribution in [1.29, 1.82) is 0 Å². The van der Waals surface area contributed by atoms with Crippen molar-refractivity contribution in [3.63, 3.8) is 0 Å². The van der Waals surface area contributed by atoms with Crippen molar-refractivity contribution in [2.24, 2.45) is 0 Å². The summed E-state index contributed by atoms with van der Waals surface area (Å²) in [5.41, 5.74) is 2.69. The molecule has 8 nitrogen and oxygen atoms in total. The van der Waals surface area contributed by atoms with Gasteiger partial charge in [-0.25, -0.2) is 0 Å². The van der Waals surface area contributed by atoms with Crippen molar-refractivity contribution in [1.82, 2.24) is 9.88 Å². The number of carbonyl (C=O) groups excluding carboxylic acids is 2. The van der Waals surface area contributed by atoms with Crippen molar-refractivity contribution >= 4 is 17.4 Å². The van der Waals surface area contributed by atoms with Crippen LogP contribution in [-0.2, 0) is 22.6 Å². The number of hydrogen-bond donors (Lipinski definition) is 1. The predicted molar refractivity (Wildman–Crippen MR) is 132 cm³/mol. The number of aliphatic hydroxyl groups excluding tert-OH is 1. The van der Waals surface area contributed by atoms with Crippen LogP contribution in [0.25, 0.3) is 5.76 Å². The van der Waals surface area contributed by atoms with Crippen LogP contribution in [0.4, 0.5) is 0 Å². The molecule has 1 saturated heterocycles. The van der Waals surface area contributed by atoms with Crippen molar-refractivity contribution in [3.8, 4) is 17.2 Å². The maximum absolute atomic E-state index is 13.4. The molecule has 36 heavy (non-hydrogen) atoms. The van der Waals surface area contributed by atoms with Gasteiger partial charge in [0, 0.05) is 42.6 Å². The van der Waals surface area contributed by atoms with Gasteiger partial charge in [-0.1, -0.05) is 6.07 Å². The summed E-state index contributed by atoms with van der Waals surface area (Å²) in [5, 5.41) is 11.4. The predicted octanol–water partition coefficient (Wildman–Crippen LogP) is 4.04. The van der Waals surface area contributed by atoms with Gasteiger partial charge < -0.3 is 24.2 Å². The van der Waals surface area contributed by atoms with Crippen LogP contribution in [0.3, 0.4) is 0 Å². The Morgan fingerprint density at radius 3 is 2.69 bits per heavy atom. The first-order valence-electron chi connectivity index (χ1n) is 11.6. The fourth-order valence-corrected chi connectivity index (χ4v) is 4.82. The van der Waals surface area contributed by atoms with E-state index in [1.165, 1.54) is 12.0 Å². The van der Waals surface area contributed by atoms with E-state index >= 15 is 0 Å². The number of amides is 1. The number of fused-ring (bicyclic) bond motifs is 1.